The lowest BCUT2D eigenvalue weighted by atomic mass is 10.2. The van der Waals surface area contributed by atoms with Gasteiger partial charge in [0.1, 0.15) is 11.7 Å². The molecule has 5 rings (SSSR count). The van der Waals surface area contributed by atoms with Crippen LogP contribution in [0.5, 0.6) is 5.88 Å². The summed E-state index contributed by atoms with van der Waals surface area (Å²) in [5.74, 6) is 0.333. The van der Waals surface area contributed by atoms with Gasteiger partial charge >= 0.3 is 6.18 Å². The van der Waals surface area contributed by atoms with E-state index in [1.54, 1.807) is 0 Å². The number of aromatic nitrogens is 5. The molecule has 2 saturated heterocycles. The number of nitrogens with one attached hydrogen (secondary N) is 1. The van der Waals surface area contributed by atoms with Crippen molar-refractivity contribution in [3.63, 3.8) is 0 Å². The van der Waals surface area contributed by atoms with E-state index in [4.69, 9.17) is 9.47 Å². The quantitative estimate of drug-likeness (QED) is 0.669. The van der Waals surface area contributed by atoms with Gasteiger partial charge in [-0.05, 0) is 18.6 Å². The van der Waals surface area contributed by atoms with Crippen LogP contribution in [0.25, 0.3) is 5.65 Å². The zero-order valence-corrected chi connectivity index (χ0v) is 15.7. The van der Waals surface area contributed by atoms with Gasteiger partial charge < -0.3 is 19.7 Å². The van der Waals surface area contributed by atoms with Crippen LogP contribution in [0, 0.1) is 0 Å². The Morgan fingerprint density at radius 2 is 2.07 bits per heavy atom. The third kappa shape index (κ3) is 3.58. The van der Waals surface area contributed by atoms with Crippen LogP contribution >= 0.6 is 0 Å². The summed E-state index contributed by atoms with van der Waals surface area (Å²) in [4.78, 5) is 9.90. The van der Waals surface area contributed by atoms with E-state index in [1.165, 1.54) is 0 Å². The van der Waals surface area contributed by atoms with Crippen LogP contribution < -0.4 is 15.0 Å². The lowest BCUT2D eigenvalue weighted by Crippen LogP contribution is -2.39. The summed E-state index contributed by atoms with van der Waals surface area (Å²) in [6, 6.07) is 5.60. The van der Waals surface area contributed by atoms with Gasteiger partial charge in [0.25, 0.3) is 0 Å². The molecule has 0 saturated carbocycles. The molecule has 0 unspecified atom stereocenters. The first-order valence-corrected chi connectivity index (χ1v) is 9.47. The van der Waals surface area contributed by atoms with Gasteiger partial charge in [-0.3, -0.25) is 4.40 Å². The molecule has 0 amide bonds. The lowest BCUT2D eigenvalue weighted by molar-refractivity contribution is -0.142. The van der Waals surface area contributed by atoms with E-state index in [2.05, 4.69) is 30.4 Å². The van der Waals surface area contributed by atoms with Gasteiger partial charge in [-0.2, -0.15) is 18.2 Å². The Morgan fingerprint density at radius 3 is 2.83 bits per heavy atom. The molecule has 30 heavy (non-hydrogen) atoms. The number of anilines is 2. The Bertz CT molecular complexity index is 1050. The number of nitrogens with zero attached hydrogens (tertiary/aromatic N) is 6. The van der Waals surface area contributed by atoms with E-state index in [0.717, 1.165) is 30.8 Å². The largest absolute Gasteiger partial charge is 0.469 e. The van der Waals surface area contributed by atoms with Gasteiger partial charge in [0, 0.05) is 31.5 Å². The van der Waals surface area contributed by atoms with Crippen LogP contribution in [0.15, 0.2) is 30.6 Å². The molecule has 5 heterocycles. The van der Waals surface area contributed by atoms with E-state index >= 15 is 0 Å². The Morgan fingerprint density at radius 1 is 1.20 bits per heavy atom. The van der Waals surface area contributed by atoms with Crippen LogP contribution in [0.3, 0.4) is 0 Å². The van der Waals surface area contributed by atoms with Gasteiger partial charge in [0.15, 0.2) is 5.65 Å². The molecule has 0 aromatic carbocycles. The highest BCUT2D eigenvalue weighted by atomic mass is 19.4. The van der Waals surface area contributed by atoms with Crippen molar-refractivity contribution in [3.05, 3.63) is 36.2 Å². The van der Waals surface area contributed by atoms with Gasteiger partial charge in [0.05, 0.1) is 13.2 Å². The third-order valence-electron chi connectivity index (χ3n) is 5.05. The molecule has 1 N–H and O–H groups in total. The number of alkyl halides is 3. The molecule has 3 aromatic heterocycles. The first kappa shape index (κ1) is 18.9. The highest BCUT2D eigenvalue weighted by Crippen LogP contribution is 2.36. The molecular formula is C18H18F3N7O2. The SMILES string of the molecule is FC(F)(F)c1cnc(N[C@@H]2CCN(c3nnc4ccccn34)C2)nc1OC1COC1. The molecule has 0 radical (unpaired) electrons. The van der Waals surface area contributed by atoms with E-state index < -0.39 is 23.7 Å². The number of pyridine rings is 1. The molecule has 3 aromatic rings. The van der Waals surface area contributed by atoms with Crippen molar-refractivity contribution in [2.45, 2.75) is 24.7 Å². The summed E-state index contributed by atoms with van der Waals surface area (Å²) in [6.07, 6.45) is -1.64. The maximum absolute atomic E-state index is 13.3. The Labute approximate surface area is 168 Å². The highest BCUT2D eigenvalue weighted by molar-refractivity contribution is 5.47. The van der Waals surface area contributed by atoms with Crippen molar-refractivity contribution in [3.8, 4) is 5.88 Å². The average Bonchev–Trinajstić information content (AvgIpc) is 3.30. The standard InChI is InChI=1S/C18H18F3N7O2/c19-18(20,21)13-7-22-16(24-15(13)30-12-9-29-10-12)23-11-4-6-27(8-11)17-26-25-14-3-1-2-5-28(14)17/h1-3,5,7,11-12H,4,6,8-10H2,(H,22,23,24)/t11-/m1/s1. The Balaban J connectivity index is 1.31. The van der Waals surface area contributed by atoms with Crippen LogP contribution in [0.1, 0.15) is 12.0 Å². The van der Waals surface area contributed by atoms with Crippen molar-refractivity contribution in [2.75, 3.05) is 36.5 Å². The van der Waals surface area contributed by atoms with Gasteiger partial charge in [-0.25, -0.2) is 4.98 Å². The second-order valence-electron chi connectivity index (χ2n) is 7.19. The summed E-state index contributed by atoms with van der Waals surface area (Å²) >= 11 is 0. The number of ether oxygens (including phenoxy) is 2. The molecule has 2 fully saturated rings. The molecule has 1 atom stereocenters. The van der Waals surface area contributed by atoms with Gasteiger partial charge in [-0.1, -0.05) is 6.07 Å². The zero-order chi connectivity index (χ0) is 20.7. The van der Waals surface area contributed by atoms with Crippen molar-refractivity contribution in [1.29, 1.82) is 0 Å². The van der Waals surface area contributed by atoms with Crippen LogP contribution in [-0.4, -0.2) is 63.0 Å². The number of halogens is 3. The molecule has 158 valence electrons. The fourth-order valence-corrected chi connectivity index (χ4v) is 3.45. The summed E-state index contributed by atoms with van der Waals surface area (Å²) in [5.41, 5.74) is -0.250. The van der Waals surface area contributed by atoms with Crippen molar-refractivity contribution in [2.24, 2.45) is 0 Å². The Kier molecular flexibility index (Phi) is 4.57. The van der Waals surface area contributed by atoms with Gasteiger partial charge in [0.2, 0.25) is 17.8 Å². The summed E-state index contributed by atoms with van der Waals surface area (Å²) in [7, 11) is 0. The molecule has 0 aliphatic carbocycles. The molecule has 0 spiro atoms. The third-order valence-corrected chi connectivity index (χ3v) is 5.05. The van der Waals surface area contributed by atoms with Crippen molar-refractivity contribution in [1.82, 2.24) is 24.6 Å². The molecule has 9 nitrogen and oxygen atoms in total. The fourth-order valence-electron chi connectivity index (χ4n) is 3.45. The highest BCUT2D eigenvalue weighted by Gasteiger charge is 2.38. The van der Waals surface area contributed by atoms with Crippen molar-refractivity contribution < 1.29 is 22.6 Å². The molecular weight excluding hydrogens is 403 g/mol. The normalized spacial score (nSPS) is 19.8. The Hall–Kier alpha value is -3.15. The van der Waals surface area contributed by atoms with E-state index in [1.807, 2.05) is 28.8 Å². The van der Waals surface area contributed by atoms with E-state index in [-0.39, 0.29) is 25.2 Å². The van der Waals surface area contributed by atoms with E-state index in [0.29, 0.717) is 6.54 Å². The monoisotopic (exact) mass is 421 g/mol. The molecule has 2 aliphatic rings. The summed E-state index contributed by atoms with van der Waals surface area (Å²) < 4.78 is 52.0. The number of hydrogen-bond donors (Lipinski definition) is 1. The first-order valence-electron chi connectivity index (χ1n) is 9.47. The number of hydrogen-bond acceptors (Lipinski definition) is 8. The van der Waals surface area contributed by atoms with Gasteiger partial charge in [-0.15, -0.1) is 10.2 Å². The molecule has 0 bridgehead atoms. The zero-order valence-electron chi connectivity index (χ0n) is 15.7. The molecule has 2 aliphatic heterocycles. The maximum atomic E-state index is 13.3. The second kappa shape index (κ2) is 7.27. The lowest BCUT2D eigenvalue weighted by Gasteiger charge is -2.27. The average molecular weight is 421 g/mol. The topological polar surface area (TPSA) is 89.7 Å². The van der Waals surface area contributed by atoms with Crippen LogP contribution in [-0.2, 0) is 10.9 Å². The van der Waals surface area contributed by atoms with Crippen molar-refractivity contribution >= 4 is 17.5 Å². The van der Waals surface area contributed by atoms with Crippen LogP contribution in [0.2, 0.25) is 0 Å². The van der Waals surface area contributed by atoms with Crippen LogP contribution in [0.4, 0.5) is 25.1 Å². The summed E-state index contributed by atoms with van der Waals surface area (Å²) in [6.45, 7) is 1.80. The smallest absolute Gasteiger partial charge is 0.423 e. The fraction of sp³-hybridized carbons (Fsp3) is 0.444. The predicted molar refractivity (Wildman–Crippen MR) is 99.5 cm³/mol. The second-order valence-corrected chi connectivity index (χ2v) is 7.19. The number of rotatable bonds is 5. The number of fused-ring (bicyclic) bond motifs is 1. The predicted octanol–water partition coefficient (Wildman–Crippen LogP) is 2.01. The molecule has 12 heteroatoms. The minimum atomic E-state index is -4.60. The van der Waals surface area contributed by atoms with E-state index in [9.17, 15) is 13.2 Å². The minimum Gasteiger partial charge on any atom is -0.469 e. The first-order chi connectivity index (χ1) is 14.5. The maximum Gasteiger partial charge on any atom is 0.423 e. The summed E-state index contributed by atoms with van der Waals surface area (Å²) in [5, 5.41) is 11.5. The minimum absolute atomic E-state index is 0.0577.